The average molecular weight is 484 g/mol. The van der Waals surface area contributed by atoms with E-state index in [4.69, 9.17) is 15.8 Å². The molecule has 0 saturated carbocycles. The number of benzene rings is 2. The molecular weight excluding hydrogens is 458 g/mol. The molecule has 0 radical (unpaired) electrons. The Morgan fingerprint density at radius 3 is 2.53 bits per heavy atom. The number of hydrogen-bond donors (Lipinski definition) is 0. The first-order valence-corrected chi connectivity index (χ1v) is 13.2. The molecule has 0 fully saturated rings. The number of thiophene rings is 1. The van der Waals surface area contributed by atoms with Crippen molar-refractivity contribution in [2.45, 2.75) is 49.3 Å². The number of aryl methyl sites for hydroxylation is 2. The number of sulfonamides is 1. The summed E-state index contributed by atoms with van der Waals surface area (Å²) in [5, 5.41) is 1.49. The third-order valence-electron chi connectivity index (χ3n) is 4.82. The van der Waals surface area contributed by atoms with Crippen molar-refractivity contribution >= 4 is 55.1 Å². The molecule has 162 valence electrons. The van der Waals surface area contributed by atoms with E-state index in [1.807, 2.05) is 64.1 Å². The van der Waals surface area contributed by atoms with Gasteiger partial charge in [-0.3, -0.25) is 0 Å². The molecule has 0 aliphatic rings. The maximum Gasteiger partial charge on any atom is 0.253 e. The lowest BCUT2D eigenvalue weighted by molar-refractivity contribution is 0.239. The summed E-state index contributed by atoms with van der Waals surface area (Å²) in [6.07, 6.45) is 0.727. The first kappa shape index (κ1) is 23.6. The molecular formula is C22H26ClNO3S3. The van der Waals surface area contributed by atoms with Gasteiger partial charge in [0.2, 0.25) is 0 Å². The predicted octanol–water partition coefficient (Wildman–Crippen LogP) is 6.68. The topological polar surface area (TPSA) is 46.6 Å². The van der Waals surface area contributed by atoms with Crippen LogP contribution in [0, 0.1) is 13.8 Å². The number of rotatable bonds is 9. The molecule has 3 rings (SSSR count). The predicted molar refractivity (Wildman–Crippen MR) is 128 cm³/mol. The van der Waals surface area contributed by atoms with E-state index in [0.29, 0.717) is 22.4 Å². The summed E-state index contributed by atoms with van der Waals surface area (Å²) < 4.78 is 35.7. The van der Waals surface area contributed by atoms with Gasteiger partial charge in [0.25, 0.3) is 10.0 Å². The Balaban J connectivity index is 1.79. The molecule has 3 aromatic rings. The third-order valence-corrected chi connectivity index (χ3v) is 9.66. The van der Waals surface area contributed by atoms with Crippen molar-refractivity contribution in [1.82, 2.24) is 4.31 Å². The average Bonchev–Trinajstić information content (AvgIpc) is 3.04. The quantitative estimate of drug-likeness (QED) is 0.318. The smallest absolute Gasteiger partial charge is 0.253 e. The van der Waals surface area contributed by atoms with Gasteiger partial charge in [-0.05, 0) is 68.5 Å². The number of fused-ring (bicyclic) bond motifs is 1. The Kier molecular flexibility index (Phi) is 7.87. The molecule has 0 N–H and O–H groups in total. The molecule has 1 aromatic heterocycles. The number of halogens is 1. The van der Waals surface area contributed by atoms with Gasteiger partial charge >= 0.3 is 0 Å². The molecule has 2 aromatic carbocycles. The van der Waals surface area contributed by atoms with Crippen LogP contribution in [0.1, 0.15) is 31.4 Å². The van der Waals surface area contributed by atoms with E-state index in [1.54, 1.807) is 10.4 Å². The maximum absolute atomic E-state index is 13.6. The van der Waals surface area contributed by atoms with Gasteiger partial charge in [0, 0.05) is 39.2 Å². The maximum atomic E-state index is 13.6. The van der Waals surface area contributed by atoms with Crippen LogP contribution in [0.5, 0.6) is 0 Å². The van der Waals surface area contributed by atoms with Crippen LogP contribution in [0.3, 0.4) is 0 Å². The molecule has 30 heavy (non-hydrogen) atoms. The fourth-order valence-corrected chi connectivity index (χ4v) is 7.59. The Morgan fingerprint density at radius 1 is 1.17 bits per heavy atom. The van der Waals surface area contributed by atoms with Crippen LogP contribution in [0.2, 0.25) is 5.02 Å². The van der Waals surface area contributed by atoms with Gasteiger partial charge in [-0.1, -0.05) is 36.2 Å². The highest BCUT2D eigenvalue weighted by Gasteiger charge is 2.32. The zero-order chi connectivity index (χ0) is 21.9. The van der Waals surface area contributed by atoms with E-state index < -0.39 is 10.0 Å². The standard InChI is InChI=1S/C22H26ClNO3S3/c1-5-12-24(16(3)14-27-29-19-9-6-15(2)7-10-19)30(25,26)22-17(4)20-13-18(23)8-11-21(20)28-22/h6-11,13,16H,5,12,14H2,1-4H3. The summed E-state index contributed by atoms with van der Waals surface area (Å²) in [4.78, 5) is 0.995. The van der Waals surface area contributed by atoms with E-state index >= 15 is 0 Å². The van der Waals surface area contributed by atoms with E-state index in [0.717, 1.165) is 27.0 Å². The van der Waals surface area contributed by atoms with Crippen LogP contribution in [0.25, 0.3) is 10.1 Å². The van der Waals surface area contributed by atoms with Gasteiger partial charge in [0.1, 0.15) is 4.21 Å². The number of nitrogens with zero attached hydrogens (tertiary/aromatic N) is 1. The normalized spacial score (nSPS) is 13.3. The zero-order valence-corrected chi connectivity index (χ0v) is 20.7. The van der Waals surface area contributed by atoms with Crippen LogP contribution in [0.15, 0.2) is 51.6 Å². The van der Waals surface area contributed by atoms with Crippen molar-refractivity contribution < 1.29 is 12.6 Å². The summed E-state index contributed by atoms with van der Waals surface area (Å²) in [7, 11) is -3.65. The van der Waals surface area contributed by atoms with Crippen LogP contribution in [0.4, 0.5) is 0 Å². The molecule has 0 spiro atoms. The monoisotopic (exact) mass is 483 g/mol. The second kappa shape index (κ2) is 10.0. The largest absolute Gasteiger partial charge is 0.309 e. The van der Waals surface area contributed by atoms with E-state index in [1.165, 1.54) is 28.9 Å². The van der Waals surface area contributed by atoms with Crippen LogP contribution >= 0.6 is 35.0 Å². The Hall–Kier alpha value is -1.09. The second-order valence-electron chi connectivity index (χ2n) is 7.30. The Bertz CT molecular complexity index is 1110. The molecule has 0 aliphatic carbocycles. The molecule has 1 atom stereocenters. The van der Waals surface area contributed by atoms with Crippen molar-refractivity contribution in [3.05, 3.63) is 58.6 Å². The lowest BCUT2D eigenvalue weighted by Crippen LogP contribution is -2.41. The molecule has 0 amide bonds. The number of hydrogen-bond acceptors (Lipinski definition) is 5. The van der Waals surface area contributed by atoms with Gasteiger partial charge in [-0.2, -0.15) is 4.31 Å². The highest BCUT2D eigenvalue weighted by Crippen LogP contribution is 2.37. The van der Waals surface area contributed by atoms with Crippen molar-refractivity contribution in [2.24, 2.45) is 0 Å². The van der Waals surface area contributed by atoms with E-state index in [9.17, 15) is 8.42 Å². The highest BCUT2D eigenvalue weighted by molar-refractivity contribution is 7.94. The summed E-state index contributed by atoms with van der Waals surface area (Å²) in [5.74, 6) is 0. The van der Waals surface area contributed by atoms with E-state index in [2.05, 4.69) is 0 Å². The minimum absolute atomic E-state index is 0.291. The van der Waals surface area contributed by atoms with Gasteiger partial charge in [0.15, 0.2) is 0 Å². The molecule has 1 unspecified atom stereocenters. The van der Waals surface area contributed by atoms with E-state index in [-0.39, 0.29) is 6.04 Å². The fraction of sp³-hybridized carbons (Fsp3) is 0.364. The van der Waals surface area contributed by atoms with Crippen molar-refractivity contribution in [3.63, 3.8) is 0 Å². The van der Waals surface area contributed by atoms with Crippen molar-refractivity contribution in [1.29, 1.82) is 0 Å². The third kappa shape index (κ3) is 5.21. The molecule has 1 heterocycles. The second-order valence-corrected chi connectivity index (χ2v) is 11.7. The molecule has 8 heteroatoms. The summed E-state index contributed by atoms with van der Waals surface area (Å²) >= 11 is 8.69. The zero-order valence-electron chi connectivity index (χ0n) is 17.5. The fourth-order valence-electron chi connectivity index (χ4n) is 3.20. The van der Waals surface area contributed by atoms with Gasteiger partial charge < -0.3 is 4.18 Å². The Morgan fingerprint density at radius 2 is 1.87 bits per heavy atom. The van der Waals surface area contributed by atoms with Crippen molar-refractivity contribution in [2.75, 3.05) is 13.2 Å². The Labute approximate surface area is 192 Å². The molecule has 0 aliphatic heterocycles. The lowest BCUT2D eigenvalue weighted by Gasteiger charge is -2.27. The van der Waals surface area contributed by atoms with Gasteiger partial charge in [-0.15, -0.1) is 11.3 Å². The minimum atomic E-state index is -3.65. The van der Waals surface area contributed by atoms with Gasteiger partial charge in [0.05, 0.1) is 6.61 Å². The molecule has 0 bridgehead atoms. The van der Waals surface area contributed by atoms with Crippen LogP contribution < -0.4 is 0 Å². The molecule has 0 saturated heterocycles. The first-order chi connectivity index (χ1) is 14.2. The SMILES string of the molecule is CCCN(C(C)COSc1ccc(C)cc1)S(=O)(=O)c1sc2ccc(Cl)cc2c1C. The first-order valence-electron chi connectivity index (χ1n) is 9.80. The summed E-state index contributed by atoms with van der Waals surface area (Å²) in [6.45, 7) is 8.50. The van der Waals surface area contributed by atoms with Gasteiger partial charge in [-0.25, -0.2) is 8.42 Å². The van der Waals surface area contributed by atoms with Crippen LogP contribution in [-0.4, -0.2) is 31.9 Å². The lowest BCUT2D eigenvalue weighted by atomic mass is 10.2. The minimum Gasteiger partial charge on any atom is -0.309 e. The highest BCUT2D eigenvalue weighted by atomic mass is 35.5. The molecule has 4 nitrogen and oxygen atoms in total. The summed E-state index contributed by atoms with van der Waals surface area (Å²) in [5.41, 5.74) is 1.94. The van der Waals surface area contributed by atoms with Crippen LogP contribution in [-0.2, 0) is 14.2 Å². The summed E-state index contributed by atoms with van der Waals surface area (Å²) in [6, 6.07) is 13.3. The van der Waals surface area contributed by atoms with Crippen molar-refractivity contribution in [3.8, 4) is 0 Å².